The molecule has 1 N–H and O–H groups in total. The zero-order valence-electron chi connectivity index (χ0n) is 15.4. The summed E-state index contributed by atoms with van der Waals surface area (Å²) < 4.78 is 23.5. The second-order valence-electron chi connectivity index (χ2n) is 7.62. The van der Waals surface area contributed by atoms with Gasteiger partial charge in [0.25, 0.3) is 0 Å². The molecule has 1 saturated carbocycles. The van der Waals surface area contributed by atoms with Gasteiger partial charge in [0.2, 0.25) is 0 Å². The van der Waals surface area contributed by atoms with E-state index in [2.05, 4.69) is 15.2 Å². The number of guanidine groups is 1. The summed E-state index contributed by atoms with van der Waals surface area (Å²) in [6.07, 6.45) is 9.46. The molecule has 142 valence electrons. The van der Waals surface area contributed by atoms with Gasteiger partial charge in [0.05, 0.1) is 10.5 Å². The summed E-state index contributed by atoms with van der Waals surface area (Å²) in [5.74, 6) is 1.96. The quantitative estimate of drug-likeness (QED) is 0.296. The van der Waals surface area contributed by atoms with Gasteiger partial charge < -0.3 is 10.2 Å². The number of sulfone groups is 1. The highest BCUT2D eigenvalue weighted by Crippen LogP contribution is 2.27. The summed E-state index contributed by atoms with van der Waals surface area (Å²) in [6.45, 7) is 5.59. The summed E-state index contributed by atoms with van der Waals surface area (Å²) in [7, 11) is -1.22. The summed E-state index contributed by atoms with van der Waals surface area (Å²) in [4.78, 5) is 6.43. The first-order valence-corrected chi connectivity index (χ1v) is 10.7. The highest BCUT2D eigenvalue weighted by atomic mass is 127. The molecular weight excluding hydrogens is 437 g/mol. The normalized spacial score (nSPS) is 24.3. The fourth-order valence-corrected chi connectivity index (χ4v) is 5.09. The predicted octanol–water partition coefficient (Wildman–Crippen LogP) is 3.05. The molecule has 7 heteroatoms. The van der Waals surface area contributed by atoms with Crippen LogP contribution in [-0.4, -0.2) is 56.5 Å². The lowest BCUT2D eigenvalue weighted by molar-refractivity contribution is 0.329. The number of nitrogens with zero attached hydrogens (tertiary/aromatic N) is 2. The Bertz CT molecular complexity index is 514. The van der Waals surface area contributed by atoms with Crippen LogP contribution in [0, 0.1) is 5.92 Å². The summed E-state index contributed by atoms with van der Waals surface area (Å²) in [5, 5.41) is 3.42. The van der Waals surface area contributed by atoms with Crippen molar-refractivity contribution >= 4 is 39.8 Å². The van der Waals surface area contributed by atoms with Gasteiger partial charge in [-0.3, -0.25) is 4.99 Å². The van der Waals surface area contributed by atoms with Gasteiger partial charge >= 0.3 is 0 Å². The van der Waals surface area contributed by atoms with Crippen molar-refractivity contribution in [3.8, 4) is 0 Å². The minimum absolute atomic E-state index is 0. The molecular formula is C17H34IN3O2S. The van der Waals surface area contributed by atoms with Crippen LogP contribution in [0.1, 0.15) is 58.8 Å². The molecule has 0 unspecified atom stereocenters. The Hall–Kier alpha value is -0.0500. The molecule has 0 radical (unpaired) electrons. The third-order valence-corrected chi connectivity index (χ3v) is 7.88. The lowest BCUT2D eigenvalue weighted by atomic mass is 9.86. The Morgan fingerprint density at radius 1 is 1.25 bits per heavy atom. The van der Waals surface area contributed by atoms with Gasteiger partial charge in [-0.15, -0.1) is 24.0 Å². The highest BCUT2D eigenvalue weighted by molar-refractivity contribution is 14.0. The van der Waals surface area contributed by atoms with Crippen LogP contribution in [0.5, 0.6) is 0 Å². The molecule has 24 heavy (non-hydrogen) atoms. The number of halogens is 1. The average molecular weight is 471 g/mol. The van der Waals surface area contributed by atoms with Crippen LogP contribution in [0.4, 0.5) is 0 Å². The molecule has 2 aliphatic rings. The van der Waals surface area contributed by atoms with Gasteiger partial charge in [-0.25, -0.2) is 8.42 Å². The Morgan fingerprint density at radius 3 is 2.50 bits per heavy atom. The number of rotatable bonds is 4. The molecule has 2 rings (SSSR count). The molecule has 0 aromatic carbocycles. The average Bonchev–Trinajstić information content (AvgIpc) is 2.51. The standard InChI is InChI=1S/C17H33N3O2S.HI/c1-17(2)14-20(12-13-23(17,21)22)16(18-3)19-11-7-10-15-8-5-4-6-9-15;/h15H,4-14H2,1-3H3,(H,18,19);1H. The van der Waals surface area contributed by atoms with Gasteiger partial charge in [0, 0.05) is 26.7 Å². The van der Waals surface area contributed by atoms with E-state index in [0.29, 0.717) is 13.1 Å². The Kier molecular flexibility index (Phi) is 8.79. The molecule has 1 heterocycles. The fourth-order valence-electron chi connectivity index (χ4n) is 3.72. The highest BCUT2D eigenvalue weighted by Gasteiger charge is 2.40. The Balaban J connectivity index is 0.00000288. The van der Waals surface area contributed by atoms with Crippen LogP contribution in [0.15, 0.2) is 4.99 Å². The van der Waals surface area contributed by atoms with Crippen molar-refractivity contribution in [1.29, 1.82) is 0 Å². The summed E-state index contributed by atoms with van der Waals surface area (Å²) in [6, 6.07) is 0. The van der Waals surface area contributed by atoms with Gasteiger partial charge in [-0.05, 0) is 32.6 Å². The van der Waals surface area contributed by atoms with Crippen LogP contribution in [0.25, 0.3) is 0 Å². The maximum absolute atomic E-state index is 12.1. The summed E-state index contributed by atoms with van der Waals surface area (Å²) in [5.41, 5.74) is 0. The Labute approximate surface area is 165 Å². The van der Waals surface area contributed by atoms with Crippen LogP contribution in [0.2, 0.25) is 0 Å². The van der Waals surface area contributed by atoms with Crippen molar-refractivity contribution in [2.75, 3.05) is 32.4 Å². The van der Waals surface area contributed by atoms with Crippen LogP contribution < -0.4 is 5.32 Å². The van der Waals surface area contributed by atoms with Crippen molar-refractivity contribution < 1.29 is 8.42 Å². The van der Waals surface area contributed by atoms with Gasteiger partial charge in [-0.2, -0.15) is 0 Å². The van der Waals surface area contributed by atoms with Gasteiger partial charge in [0.1, 0.15) is 0 Å². The van der Waals surface area contributed by atoms with Gasteiger partial charge in [-0.1, -0.05) is 32.1 Å². The summed E-state index contributed by atoms with van der Waals surface area (Å²) >= 11 is 0. The smallest absolute Gasteiger partial charge is 0.193 e. The number of nitrogens with one attached hydrogen (secondary N) is 1. The molecule has 0 aromatic heterocycles. The van der Waals surface area contributed by atoms with Crippen molar-refractivity contribution in [3.63, 3.8) is 0 Å². The fraction of sp³-hybridized carbons (Fsp3) is 0.941. The third kappa shape index (κ3) is 5.75. The zero-order chi connectivity index (χ0) is 16.9. The molecule has 5 nitrogen and oxygen atoms in total. The lowest BCUT2D eigenvalue weighted by Gasteiger charge is -2.39. The SMILES string of the molecule is CN=C(NCCCC1CCCCC1)N1CCS(=O)(=O)C(C)(C)C1.I. The van der Waals surface area contributed by atoms with Crippen molar-refractivity contribution in [1.82, 2.24) is 10.2 Å². The molecule has 1 saturated heterocycles. The molecule has 0 aromatic rings. The van der Waals surface area contributed by atoms with E-state index in [1.165, 1.54) is 44.9 Å². The van der Waals surface area contributed by atoms with E-state index in [0.717, 1.165) is 18.4 Å². The van der Waals surface area contributed by atoms with Crippen LogP contribution >= 0.6 is 24.0 Å². The van der Waals surface area contributed by atoms with Crippen LogP contribution in [0.3, 0.4) is 0 Å². The maximum Gasteiger partial charge on any atom is 0.193 e. The molecule has 0 spiro atoms. The molecule has 1 aliphatic carbocycles. The minimum Gasteiger partial charge on any atom is -0.356 e. The second kappa shape index (κ2) is 9.59. The maximum atomic E-state index is 12.1. The first-order valence-electron chi connectivity index (χ1n) is 9.03. The number of hydrogen-bond acceptors (Lipinski definition) is 3. The molecule has 2 fully saturated rings. The molecule has 0 atom stereocenters. The van der Waals surface area contributed by atoms with E-state index >= 15 is 0 Å². The monoisotopic (exact) mass is 471 g/mol. The largest absolute Gasteiger partial charge is 0.356 e. The first kappa shape index (κ1) is 22.0. The minimum atomic E-state index is -3.00. The topological polar surface area (TPSA) is 61.8 Å². The second-order valence-corrected chi connectivity index (χ2v) is 10.4. The Morgan fingerprint density at radius 2 is 1.92 bits per heavy atom. The third-order valence-electron chi connectivity index (χ3n) is 5.35. The molecule has 0 amide bonds. The predicted molar refractivity (Wildman–Crippen MR) is 112 cm³/mol. The van der Waals surface area contributed by atoms with E-state index in [1.54, 1.807) is 7.05 Å². The van der Waals surface area contributed by atoms with Crippen LogP contribution in [-0.2, 0) is 9.84 Å². The van der Waals surface area contributed by atoms with Crippen molar-refractivity contribution in [2.24, 2.45) is 10.9 Å². The molecule has 0 bridgehead atoms. The van der Waals surface area contributed by atoms with E-state index < -0.39 is 14.6 Å². The van der Waals surface area contributed by atoms with E-state index in [4.69, 9.17) is 0 Å². The van der Waals surface area contributed by atoms with E-state index in [-0.39, 0.29) is 29.7 Å². The number of hydrogen-bond donors (Lipinski definition) is 1. The lowest BCUT2D eigenvalue weighted by Crippen LogP contribution is -2.57. The van der Waals surface area contributed by atoms with E-state index in [1.807, 2.05) is 13.8 Å². The van der Waals surface area contributed by atoms with Gasteiger partial charge in [0.15, 0.2) is 15.8 Å². The number of aliphatic imine (C=N–C) groups is 1. The van der Waals surface area contributed by atoms with Crippen molar-refractivity contribution in [2.45, 2.75) is 63.5 Å². The first-order chi connectivity index (χ1) is 10.9. The molecule has 1 aliphatic heterocycles. The zero-order valence-corrected chi connectivity index (χ0v) is 18.5. The van der Waals surface area contributed by atoms with E-state index in [9.17, 15) is 8.42 Å². The van der Waals surface area contributed by atoms with Crippen molar-refractivity contribution in [3.05, 3.63) is 0 Å².